The maximum absolute atomic E-state index is 10.3. The minimum Gasteiger partial charge on any atom is -0.491 e. The number of fused-ring (bicyclic) bond motifs is 2. The largest absolute Gasteiger partial charge is 0.491 e. The Kier molecular flexibility index (Phi) is 9.98. The molecule has 3 unspecified atom stereocenters. The van der Waals surface area contributed by atoms with Gasteiger partial charge < -0.3 is 25.4 Å². The number of ether oxygens (including phenoxy) is 1. The summed E-state index contributed by atoms with van der Waals surface area (Å²) in [7, 11) is 2.27. The topological polar surface area (TPSA) is 69.1 Å². The van der Waals surface area contributed by atoms with Crippen molar-refractivity contribution < 1.29 is 9.84 Å². The summed E-state index contributed by atoms with van der Waals surface area (Å²) in [5, 5.41) is 17.2. The van der Waals surface area contributed by atoms with Crippen LogP contribution in [-0.2, 0) is 0 Å². The predicted molar refractivity (Wildman–Crippen MR) is 129 cm³/mol. The number of aliphatic imine (C=N–C) groups is 1. The first-order valence-electron chi connectivity index (χ1n) is 10.7. The number of halogens is 1. The molecule has 29 heavy (non-hydrogen) atoms. The van der Waals surface area contributed by atoms with Crippen LogP contribution in [0, 0.1) is 6.92 Å². The van der Waals surface area contributed by atoms with Crippen LogP contribution in [0.15, 0.2) is 29.3 Å². The van der Waals surface area contributed by atoms with Gasteiger partial charge >= 0.3 is 0 Å². The average molecular weight is 516 g/mol. The van der Waals surface area contributed by atoms with E-state index in [0.29, 0.717) is 24.7 Å². The monoisotopic (exact) mass is 516 g/mol. The first-order chi connectivity index (χ1) is 13.5. The molecule has 3 N–H and O–H groups in total. The molecule has 3 atom stereocenters. The number of rotatable bonds is 7. The number of aryl methyl sites for hydroxylation is 1. The number of aliphatic hydroxyl groups excluding tert-OH is 1. The summed E-state index contributed by atoms with van der Waals surface area (Å²) >= 11 is 0. The number of aliphatic hydroxyl groups is 1. The zero-order chi connectivity index (χ0) is 19.9. The smallest absolute Gasteiger partial charge is 0.191 e. The number of benzene rings is 1. The van der Waals surface area contributed by atoms with Gasteiger partial charge in [-0.3, -0.25) is 4.99 Å². The van der Waals surface area contributed by atoms with E-state index in [4.69, 9.17) is 4.74 Å². The SMILES string of the molecule is CCNC(=NCC(O)COc1cccc(C)c1)NC1CC2CCCC(C1)N2C.I. The van der Waals surface area contributed by atoms with Crippen LogP contribution in [0.25, 0.3) is 0 Å². The van der Waals surface area contributed by atoms with Crippen LogP contribution in [0.1, 0.15) is 44.6 Å². The van der Waals surface area contributed by atoms with Crippen LogP contribution in [0.3, 0.4) is 0 Å². The van der Waals surface area contributed by atoms with Crippen molar-refractivity contribution in [3.8, 4) is 5.75 Å². The summed E-state index contributed by atoms with van der Waals surface area (Å²) in [4.78, 5) is 7.17. The van der Waals surface area contributed by atoms with Crippen LogP contribution in [-0.4, -0.2) is 66.9 Å². The Hall–Kier alpha value is -1.06. The predicted octanol–water partition coefficient (Wildman–Crippen LogP) is 2.92. The van der Waals surface area contributed by atoms with Crippen molar-refractivity contribution in [2.24, 2.45) is 4.99 Å². The number of hydrogen-bond acceptors (Lipinski definition) is 4. The number of piperidine rings is 2. The fourth-order valence-electron chi connectivity index (χ4n) is 4.39. The molecule has 164 valence electrons. The van der Waals surface area contributed by atoms with Crippen molar-refractivity contribution in [1.82, 2.24) is 15.5 Å². The molecule has 0 radical (unpaired) electrons. The molecule has 6 nitrogen and oxygen atoms in total. The number of hydrogen-bond donors (Lipinski definition) is 3. The summed E-state index contributed by atoms with van der Waals surface area (Å²) < 4.78 is 5.69. The summed E-state index contributed by atoms with van der Waals surface area (Å²) in [6, 6.07) is 9.68. The molecule has 2 heterocycles. The van der Waals surface area contributed by atoms with Crippen LogP contribution < -0.4 is 15.4 Å². The highest BCUT2D eigenvalue weighted by Gasteiger charge is 2.36. The average Bonchev–Trinajstić information content (AvgIpc) is 2.65. The molecular formula is C22H37IN4O2. The molecule has 0 aliphatic carbocycles. The van der Waals surface area contributed by atoms with E-state index in [1.54, 1.807) is 0 Å². The van der Waals surface area contributed by atoms with Gasteiger partial charge in [0.2, 0.25) is 0 Å². The van der Waals surface area contributed by atoms with E-state index < -0.39 is 6.10 Å². The first-order valence-corrected chi connectivity index (χ1v) is 10.7. The molecule has 1 aromatic carbocycles. The molecule has 3 rings (SSSR count). The highest BCUT2D eigenvalue weighted by Crippen LogP contribution is 2.32. The third-order valence-corrected chi connectivity index (χ3v) is 5.92. The lowest BCUT2D eigenvalue weighted by Gasteiger charge is -2.47. The van der Waals surface area contributed by atoms with Crippen LogP contribution in [0.5, 0.6) is 5.75 Å². The lowest BCUT2D eigenvalue weighted by molar-refractivity contribution is 0.0526. The third kappa shape index (κ3) is 7.29. The van der Waals surface area contributed by atoms with Crippen molar-refractivity contribution >= 4 is 29.9 Å². The molecule has 2 bridgehead atoms. The Morgan fingerprint density at radius 1 is 1.31 bits per heavy atom. The number of guanidine groups is 1. The fourth-order valence-corrected chi connectivity index (χ4v) is 4.39. The van der Waals surface area contributed by atoms with Gasteiger partial charge in [-0.1, -0.05) is 18.6 Å². The van der Waals surface area contributed by atoms with E-state index in [1.165, 1.54) is 19.3 Å². The molecule has 0 aromatic heterocycles. The zero-order valence-electron chi connectivity index (χ0n) is 17.9. The quantitative estimate of drug-likeness (QED) is 0.296. The minimum atomic E-state index is -0.632. The maximum Gasteiger partial charge on any atom is 0.191 e. The van der Waals surface area contributed by atoms with Crippen LogP contribution in [0.4, 0.5) is 0 Å². The number of nitrogens with zero attached hydrogens (tertiary/aromatic N) is 2. The Balaban J connectivity index is 0.00000300. The van der Waals surface area contributed by atoms with E-state index in [-0.39, 0.29) is 30.6 Å². The van der Waals surface area contributed by atoms with Crippen molar-refractivity contribution in [1.29, 1.82) is 0 Å². The van der Waals surface area contributed by atoms with Gasteiger partial charge in [-0.25, -0.2) is 0 Å². The minimum absolute atomic E-state index is 0. The maximum atomic E-state index is 10.3. The summed E-state index contributed by atoms with van der Waals surface area (Å²) in [5.41, 5.74) is 1.14. The van der Waals surface area contributed by atoms with Gasteiger partial charge in [0.1, 0.15) is 18.5 Å². The van der Waals surface area contributed by atoms with Gasteiger partial charge in [-0.2, -0.15) is 0 Å². The second-order valence-electron chi connectivity index (χ2n) is 8.22. The third-order valence-electron chi connectivity index (χ3n) is 5.92. The zero-order valence-corrected chi connectivity index (χ0v) is 20.3. The molecule has 7 heteroatoms. The Morgan fingerprint density at radius 3 is 2.69 bits per heavy atom. The van der Waals surface area contributed by atoms with Gasteiger partial charge in [-0.05, 0) is 64.3 Å². The second-order valence-corrected chi connectivity index (χ2v) is 8.22. The van der Waals surface area contributed by atoms with Gasteiger partial charge in [0.05, 0.1) is 6.54 Å². The van der Waals surface area contributed by atoms with Gasteiger partial charge in [0.15, 0.2) is 5.96 Å². The second kappa shape index (κ2) is 12.0. The Labute approximate surface area is 192 Å². The summed E-state index contributed by atoms with van der Waals surface area (Å²) in [6.45, 7) is 5.46. The standard InChI is InChI=1S/C22H36N4O2.HI/c1-4-23-22(25-17-12-18-8-6-9-19(13-17)26(18)3)24-14-20(27)15-28-21-10-5-7-16(2)11-21;/h5,7,10-11,17-20,27H,4,6,8-9,12-15H2,1-3H3,(H2,23,24,25);1H. The van der Waals surface area contributed by atoms with E-state index in [2.05, 4.69) is 34.5 Å². The van der Waals surface area contributed by atoms with E-state index in [1.807, 2.05) is 31.2 Å². The van der Waals surface area contributed by atoms with Crippen molar-refractivity contribution in [3.63, 3.8) is 0 Å². The summed E-state index contributed by atoms with van der Waals surface area (Å²) in [5.74, 6) is 1.58. The van der Waals surface area contributed by atoms with E-state index >= 15 is 0 Å². The molecule has 2 saturated heterocycles. The Bertz CT molecular complexity index is 643. The molecule has 0 saturated carbocycles. The lowest BCUT2D eigenvalue weighted by atomic mass is 9.82. The number of nitrogens with one attached hydrogen (secondary N) is 2. The molecule has 2 aliphatic rings. The molecule has 2 fully saturated rings. The van der Waals surface area contributed by atoms with Crippen LogP contribution >= 0.6 is 24.0 Å². The lowest BCUT2D eigenvalue weighted by Crippen LogP contribution is -2.56. The van der Waals surface area contributed by atoms with Gasteiger partial charge in [-0.15, -0.1) is 24.0 Å². The fraction of sp³-hybridized carbons (Fsp3) is 0.682. The summed E-state index contributed by atoms with van der Waals surface area (Å²) in [6.07, 6.45) is 5.65. The van der Waals surface area contributed by atoms with Crippen molar-refractivity contribution in [3.05, 3.63) is 29.8 Å². The van der Waals surface area contributed by atoms with Gasteiger partial charge in [0.25, 0.3) is 0 Å². The van der Waals surface area contributed by atoms with Crippen molar-refractivity contribution in [2.45, 2.75) is 70.2 Å². The molecule has 0 amide bonds. The highest BCUT2D eigenvalue weighted by molar-refractivity contribution is 14.0. The normalized spacial score (nSPS) is 25.7. The van der Waals surface area contributed by atoms with Crippen LogP contribution in [0.2, 0.25) is 0 Å². The highest BCUT2D eigenvalue weighted by atomic mass is 127. The van der Waals surface area contributed by atoms with E-state index in [0.717, 1.165) is 36.7 Å². The molecule has 0 spiro atoms. The molecular weight excluding hydrogens is 479 g/mol. The van der Waals surface area contributed by atoms with E-state index in [9.17, 15) is 5.11 Å². The first kappa shape index (κ1) is 24.2. The van der Waals surface area contributed by atoms with Gasteiger partial charge in [0, 0.05) is 24.7 Å². The molecule has 2 aliphatic heterocycles. The Morgan fingerprint density at radius 2 is 2.03 bits per heavy atom. The van der Waals surface area contributed by atoms with Crippen molar-refractivity contribution in [2.75, 3.05) is 26.7 Å². The molecule has 1 aromatic rings.